The molecule has 0 saturated carbocycles. The summed E-state index contributed by atoms with van der Waals surface area (Å²) in [7, 11) is 0. The van der Waals surface area contributed by atoms with E-state index in [2.05, 4.69) is 65.1 Å². The Morgan fingerprint density at radius 1 is 0.944 bits per heavy atom. The first kappa shape index (κ1) is 16.3. The molecule has 0 N–H and O–H groups in total. The fourth-order valence-electron chi connectivity index (χ4n) is 1.40. The quantitative estimate of drug-likeness (QED) is 0.379. The van der Waals surface area contributed by atoms with Gasteiger partial charge in [-0.25, -0.2) is 0 Å². The maximum atomic E-state index is 5.86. The molecule has 1 aromatic carbocycles. The minimum absolute atomic E-state index is 0.779. The van der Waals surface area contributed by atoms with Gasteiger partial charge in [0.05, 0.1) is 20.4 Å². The molecule has 0 amide bonds. The monoisotopic (exact) mass is 474 g/mol. The molecule has 0 fully saturated rings. The van der Waals surface area contributed by atoms with E-state index in [1.54, 1.807) is 0 Å². The van der Waals surface area contributed by atoms with E-state index in [1.807, 2.05) is 6.07 Å². The summed E-state index contributed by atoms with van der Waals surface area (Å²) in [6, 6.07) is 4.09. The van der Waals surface area contributed by atoms with Gasteiger partial charge in [-0.1, -0.05) is 26.7 Å². The molecule has 0 aliphatic rings. The third-order valence-electron chi connectivity index (χ3n) is 2.51. The Kier molecular flexibility index (Phi) is 8.37. The Bertz CT molecular complexity index is 367. The second-order valence-electron chi connectivity index (χ2n) is 4.09. The first-order valence-electron chi connectivity index (χ1n) is 6.44. The van der Waals surface area contributed by atoms with Crippen LogP contribution in [0.5, 0.6) is 11.5 Å². The normalized spacial score (nSPS) is 10.4. The Balaban J connectivity index is 2.72. The zero-order chi connectivity index (χ0) is 13.4. The van der Waals surface area contributed by atoms with Gasteiger partial charge in [0.15, 0.2) is 0 Å². The predicted molar refractivity (Wildman–Crippen MR) is 92.7 cm³/mol. The Labute approximate surface area is 137 Å². The largest absolute Gasteiger partial charge is 0.492 e. The molecule has 0 unspecified atom stereocenters. The number of hydrogen-bond acceptors (Lipinski definition) is 2. The van der Waals surface area contributed by atoms with Gasteiger partial charge in [-0.3, -0.25) is 0 Å². The fraction of sp³-hybridized carbons (Fsp3) is 0.571. The highest BCUT2D eigenvalue weighted by Crippen LogP contribution is 2.34. The number of hydrogen-bond donors (Lipinski definition) is 0. The topological polar surface area (TPSA) is 18.5 Å². The highest BCUT2D eigenvalue weighted by Gasteiger charge is 2.12. The van der Waals surface area contributed by atoms with Gasteiger partial charge in [-0.15, -0.1) is 0 Å². The van der Waals surface area contributed by atoms with Gasteiger partial charge in [0.25, 0.3) is 0 Å². The van der Waals surface area contributed by atoms with E-state index in [0.29, 0.717) is 0 Å². The van der Waals surface area contributed by atoms with E-state index in [4.69, 9.17) is 9.47 Å². The third kappa shape index (κ3) is 5.11. The van der Waals surface area contributed by atoms with Gasteiger partial charge >= 0.3 is 0 Å². The summed E-state index contributed by atoms with van der Waals surface area (Å²) >= 11 is 4.63. The van der Waals surface area contributed by atoms with Gasteiger partial charge < -0.3 is 9.47 Å². The summed E-state index contributed by atoms with van der Waals surface area (Å²) in [5.74, 6) is 1.91. The van der Waals surface area contributed by atoms with Crippen LogP contribution >= 0.6 is 45.2 Å². The van der Waals surface area contributed by atoms with Crippen LogP contribution in [0.4, 0.5) is 0 Å². The number of rotatable bonds is 8. The standard InChI is InChI=1S/C14H20I2O2/c1-3-5-9-17-12-8-7-11(15)14(13(12)16)18-10-6-4-2/h7-8H,3-6,9-10H2,1-2H3. The lowest BCUT2D eigenvalue weighted by Gasteiger charge is -2.14. The van der Waals surface area contributed by atoms with Crippen LogP contribution < -0.4 is 9.47 Å². The first-order chi connectivity index (χ1) is 8.70. The molecule has 0 saturated heterocycles. The lowest BCUT2D eigenvalue weighted by molar-refractivity contribution is 0.289. The van der Waals surface area contributed by atoms with Crippen molar-refractivity contribution in [2.24, 2.45) is 0 Å². The molecule has 4 heteroatoms. The molecule has 18 heavy (non-hydrogen) atoms. The highest BCUT2D eigenvalue weighted by molar-refractivity contribution is 14.1. The van der Waals surface area contributed by atoms with Crippen molar-refractivity contribution >= 4 is 45.2 Å². The molecule has 1 aromatic rings. The van der Waals surface area contributed by atoms with Gasteiger partial charge in [-0.05, 0) is 70.2 Å². The fourth-order valence-corrected chi connectivity index (χ4v) is 3.31. The summed E-state index contributed by atoms with van der Waals surface area (Å²) in [6.07, 6.45) is 4.49. The average molecular weight is 474 g/mol. The molecular weight excluding hydrogens is 454 g/mol. The van der Waals surface area contributed by atoms with Crippen molar-refractivity contribution in [2.45, 2.75) is 39.5 Å². The van der Waals surface area contributed by atoms with E-state index < -0.39 is 0 Å². The molecule has 0 aromatic heterocycles. The third-order valence-corrected chi connectivity index (χ3v) is 4.38. The first-order valence-corrected chi connectivity index (χ1v) is 8.60. The minimum Gasteiger partial charge on any atom is -0.492 e. The van der Waals surface area contributed by atoms with Crippen molar-refractivity contribution in [1.82, 2.24) is 0 Å². The van der Waals surface area contributed by atoms with Crippen LogP contribution in [0, 0.1) is 7.14 Å². The molecule has 2 nitrogen and oxygen atoms in total. The maximum absolute atomic E-state index is 5.86. The Morgan fingerprint density at radius 2 is 1.56 bits per heavy atom. The van der Waals surface area contributed by atoms with Crippen molar-refractivity contribution in [2.75, 3.05) is 13.2 Å². The molecule has 0 bridgehead atoms. The molecule has 0 atom stereocenters. The molecule has 0 radical (unpaired) electrons. The SMILES string of the molecule is CCCCOc1ccc(I)c(OCCCC)c1I. The zero-order valence-electron chi connectivity index (χ0n) is 11.0. The van der Waals surface area contributed by atoms with Crippen LogP contribution in [-0.4, -0.2) is 13.2 Å². The molecule has 1 rings (SSSR count). The molecule has 0 spiro atoms. The molecule has 0 aliphatic heterocycles. The van der Waals surface area contributed by atoms with E-state index in [-0.39, 0.29) is 0 Å². The minimum atomic E-state index is 0.779. The van der Waals surface area contributed by atoms with Crippen molar-refractivity contribution in [3.8, 4) is 11.5 Å². The number of ether oxygens (including phenoxy) is 2. The van der Waals surface area contributed by atoms with Crippen molar-refractivity contribution < 1.29 is 9.47 Å². The van der Waals surface area contributed by atoms with Crippen LogP contribution in [-0.2, 0) is 0 Å². The summed E-state index contributed by atoms with van der Waals surface area (Å²) < 4.78 is 13.9. The molecule has 102 valence electrons. The maximum Gasteiger partial charge on any atom is 0.149 e. The molecule has 0 aliphatic carbocycles. The van der Waals surface area contributed by atoms with Crippen LogP contribution in [0.1, 0.15) is 39.5 Å². The van der Waals surface area contributed by atoms with Crippen molar-refractivity contribution in [3.63, 3.8) is 0 Å². The van der Waals surface area contributed by atoms with E-state index in [0.717, 1.165) is 57.5 Å². The molecular formula is C14H20I2O2. The number of unbranched alkanes of at least 4 members (excludes halogenated alkanes) is 2. The highest BCUT2D eigenvalue weighted by atomic mass is 127. The molecule has 0 heterocycles. The average Bonchev–Trinajstić information content (AvgIpc) is 2.36. The van der Waals surface area contributed by atoms with Crippen LogP contribution in [0.2, 0.25) is 0 Å². The zero-order valence-corrected chi connectivity index (χ0v) is 15.3. The lowest BCUT2D eigenvalue weighted by atomic mass is 10.3. The Hall–Kier alpha value is 0.280. The van der Waals surface area contributed by atoms with Gasteiger partial charge in [0, 0.05) is 0 Å². The van der Waals surface area contributed by atoms with Crippen LogP contribution in [0.25, 0.3) is 0 Å². The van der Waals surface area contributed by atoms with Crippen molar-refractivity contribution in [3.05, 3.63) is 19.3 Å². The van der Waals surface area contributed by atoms with E-state index in [1.165, 1.54) is 0 Å². The van der Waals surface area contributed by atoms with Crippen LogP contribution in [0.15, 0.2) is 12.1 Å². The van der Waals surface area contributed by atoms with Crippen LogP contribution in [0.3, 0.4) is 0 Å². The van der Waals surface area contributed by atoms with Gasteiger partial charge in [0.2, 0.25) is 0 Å². The van der Waals surface area contributed by atoms with Gasteiger partial charge in [0.1, 0.15) is 11.5 Å². The Morgan fingerprint density at radius 3 is 2.17 bits per heavy atom. The number of halogens is 2. The lowest BCUT2D eigenvalue weighted by Crippen LogP contribution is -2.03. The summed E-state index contributed by atoms with van der Waals surface area (Å²) in [5.41, 5.74) is 0. The second kappa shape index (κ2) is 9.23. The summed E-state index contributed by atoms with van der Waals surface area (Å²) in [6.45, 7) is 5.90. The van der Waals surface area contributed by atoms with Crippen molar-refractivity contribution in [1.29, 1.82) is 0 Å². The summed E-state index contributed by atoms with van der Waals surface area (Å²) in [4.78, 5) is 0. The smallest absolute Gasteiger partial charge is 0.149 e. The van der Waals surface area contributed by atoms with E-state index >= 15 is 0 Å². The van der Waals surface area contributed by atoms with E-state index in [9.17, 15) is 0 Å². The van der Waals surface area contributed by atoms with Gasteiger partial charge in [-0.2, -0.15) is 0 Å². The summed E-state index contributed by atoms with van der Waals surface area (Å²) in [5, 5.41) is 0. The predicted octanol–water partition coefficient (Wildman–Crippen LogP) is 5.25. The second-order valence-corrected chi connectivity index (χ2v) is 6.33. The number of benzene rings is 1.